The number of ether oxygens (including phenoxy) is 1. The van der Waals surface area contributed by atoms with Gasteiger partial charge in [0, 0.05) is 58.7 Å². The lowest BCUT2D eigenvalue weighted by Crippen LogP contribution is -2.63. The number of para-hydroxylation sites is 4. The Morgan fingerprint density at radius 3 is 1.03 bits per heavy atom. The molecule has 8 aromatic rings. The molecule has 0 spiro atoms. The van der Waals surface area contributed by atoms with E-state index in [0.717, 1.165) is 68.5 Å². The number of hydrogen-bond donors (Lipinski definition) is 0. The molecule has 0 aromatic heterocycles. The second-order valence-corrected chi connectivity index (χ2v) is 21.1. The molecule has 66 heavy (non-hydrogen) atoms. The lowest BCUT2D eigenvalue weighted by Gasteiger charge is -2.32. The molecule has 0 N–H and O–H groups in total. The summed E-state index contributed by atoms with van der Waals surface area (Å²) in [4.78, 5) is 4.68. The van der Waals surface area contributed by atoms with Gasteiger partial charge in [0.15, 0.2) is 0 Å². The highest BCUT2D eigenvalue weighted by Crippen LogP contribution is 2.51. The largest absolute Gasteiger partial charge is 0.407 e. The van der Waals surface area contributed by atoms with Gasteiger partial charge in [0.1, 0.15) is 0 Å². The molecule has 3 heterocycles. The van der Waals surface area contributed by atoms with Crippen LogP contribution in [0.4, 0.5) is 34.1 Å². The van der Waals surface area contributed by atoms with Gasteiger partial charge in [-0.25, -0.2) is 0 Å². The Balaban J connectivity index is 1.06. The Kier molecular flexibility index (Phi) is 10.7. The topological polar surface area (TPSA) is 34.2 Å². The number of anilines is 6. The van der Waals surface area contributed by atoms with E-state index in [9.17, 15) is 0 Å². The molecule has 0 radical (unpaired) electrons. The number of benzene rings is 8. The summed E-state index contributed by atoms with van der Waals surface area (Å²) in [6, 6.07) is 65.9. The first kappa shape index (κ1) is 41.9. The number of fused-ring (bicyclic) bond motifs is 8. The molecule has 0 aliphatic carbocycles. The fourth-order valence-corrected chi connectivity index (χ4v) is 14.6. The van der Waals surface area contributed by atoms with E-state index >= 15 is 0 Å². The summed E-state index contributed by atoms with van der Waals surface area (Å²) < 4.78 is 20.7. The second-order valence-electron chi connectivity index (χ2n) is 18.0. The van der Waals surface area contributed by atoms with E-state index in [4.69, 9.17) is 13.6 Å². The number of rotatable bonds is 10. The van der Waals surface area contributed by atoms with E-state index < -0.39 is 8.56 Å². The van der Waals surface area contributed by atoms with Gasteiger partial charge in [-0.1, -0.05) is 97.1 Å². The van der Waals surface area contributed by atoms with Gasteiger partial charge in [0.25, 0.3) is 0 Å². The zero-order chi connectivity index (χ0) is 45.1. The van der Waals surface area contributed by atoms with Crippen LogP contribution in [0.3, 0.4) is 0 Å². The van der Waals surface area contributed by atoms with Crippen LogP contribution in [-0.2, 0) is 13.6 Å². The van der Waals surface area contributed by atoms with Crippen molar-refractivity contribution in [3.05, 3.63) is 215 Å². The maximum absolute atomic E-state index is 6.95. The van der Waals surface area contributed by atoms with Crippen molar-refractivity contribution in [2.24, 2.45) is 0 Å². The molecular formula is C60H54N2O3Si. The Bertz CT molecular complexity index is 2810. The average molecular weight is 879 g/mol. The summed E-state index contributed by atoms with van der Waals surface area (Å²) in [7, 11) is 0.337. The Labute approximate surface area is 390 Å². The predicted molar refractivity (Wildman–Crippen MR) is 276 cm³/mol. The third-order valence-electron chi connectivity index (χ3n) is 14.0. The molecule has 0 amide bonds. The molecule has 2 bridgehead atoms. The standard InChI is InChI=1S/C60H54N2O3Si/c1-39-33-49(61(45-19-11-7-12-20-45)46-21-13-8-14-22-46)34-40(2)57(39)43-27-29-51-55(37-43)66(63-5,64-6)56-38-44(28-30-52(56)60-54-32-31-53(65-54)59(51)60)58-41(3)35-50(36-42(58)4)62(47-23-15-9-16-24-47)48-25-17-10-18-26-48/h7-30,33-38,53-54H,31-32H2,1-6H3. The third-order valence-corrected chi connectivity index (χ3v) is 17.4. The molecule has 2 atom stereocenters. The zero-order valence-electron chi connectivity index (χ0n) is 38.5. The van der Waals surface area contributed by atoms with Gasteiger partial charge in [-0.3, -0.25) is 0 Å². The van der Waals surface area contributed by atoms with Gasteiger partial charge >= 0.3 is 8.56 Å². The molecule has 8 aromatic carbocycles. The van der Waals surface area contributed by atoms with Crippen molar-refractivity contribution in [1.29, 1.82) is 0 Å². The van der Waals surface area contributed by atoms with Crippen LogP contribution in [0.25, 0.3) is 33.4 Å². The van der Waals surface area contributed by atoms with Crippen molar-refractivity contribution in [3.8, 4) is 22.3 Å². The maximum atomic E-state index is 6.95. The van der Waals surface area contributed by atoms with Crippen molar-refractivity contribution >= 4 is 64.2 Å². The summed E-state index contributed by atoms with van der Waals surface area (Å²) >= 11 is 0. The molecule has 1 fully saturated rings. The van der Waals surface area contributed by atoms with E-state index in [1.165, 1.54) is 55.7 Å². The molecule has 11 rings (SSSR count). The van der Waals surface area contributed by atoms with E-state index in [0.29, 0.717) is 0 Å². The first-order valence-corrected chi connectivity index (χ1v) is 24.9. The Morgan fingerprint density at radius 1 is 0.409 bits per heavy atom. The highest BCUT2D eigenvalue weighted by molar-refractivity contribution is 6.94. The summed E-state index contributed by atoms with van der Waals surface area (Å²) in [5.41, 5.74) is 21.3. The van der Waals surface area contributed by atoms with Crippen molar-refractivity contribution in [2.75, 3.05) is 24.0 Å². The minimum Gasteiger partial charge on any atom is -0.391 e. The molecule has 326 valence electrons. The predicted octanol–water partition coefficient (Wildman–Crippen LogP) is 13.8. The first-order valence-electron chi connectivity index (χ1n) is 23.1. The summed E-state index contributed by atoms with van der Waals surface area (Å²) in [6.45, 7) is 8.96. The lowest BCUT2D eigenvalue weighted by atomic mass is 9.83. The monoisotopic (exact) mass is 878 g/mol. The van der Waals surface area contributed by atoms with Gasteiger partial charge in [0.05, 0.1) is 12.2 Å². The van der Waals surface area contributed by atoms with Crippen LogP contribution in [0.15, 0.2) is 182 Å². The summed E-state index contributed by atoms with van der Waals surface area (Å²) in [5.74, 6) is 0. The third kappa shape index (κ3) is 6.87. The highest BCUT2D eigenvalue weighted by Gasteiger charge is 2.52. The molecule has 1 saturated heterocycles. The summed E-state index contributed by atoms with van der Waals surface area (Å²) in [6.07, 6.45) is 2.11. The smallest absolute Gasteiger partial charge is 0.391 e. The zero-order valence-corrected chi connectivity index (χ0v) is 39.5. The van der Waals surface area contributed by atoms with Gasteiger partial charge in [-0.2, -0.15) is 0 Å². The van der Waals surface area contributed by atoms with Crippen molar-refractivity contribution < 1.29 is 13.6 Å². The quantitative estimate of drug-likeness (QED) is 0.128. The van der Waals surface area contributed by atoms with Crippen LogP contribution >= 0.6 is 0 Å². The van der Waals surface area contributed by atoms with Crippen LogP contribution in [0, 0.1) is 27.7 Å². The van der Waals surface area contributed by atoms with Crippen LogP contribution in [-0.4, -0.2) is 35.0 Å². The molecule has 0 saturated carbocycles. The van der Waals surface area contributed by atoms with Crippen LogP contribution in [0.1, 0.15) is 46.2 Å². The van der Waals surface area contributed by atoms with Gasteiger partial charge in [-0.15, -0.1) is 0 Å². The molecule has 3 aliphatic rings. The fraction of sp³-hybridized carbons (Fsp3) is 0.167. The minimum absolute atomic E-state index is 0.0413. The highest BCUT2D eigenvalue weighted by atomic mass is 28.4. The van der Waals surface area contributed by atoms with E-state index in [-0.39, 0.29) is 12.2 Å². The maximum Gasteiger partial charge on any atom is 0.407 e. The molecule has 3 aliphatic heterocycles. The summed E-state index contributed by atoms with van der Waals surface area (Å²) in [5, 5.41) is 2.26. The minimum atomic E-state index is -3.37. The van der Waals surface area contributed by atoms with E-state index in [1.807, 2.05) is 14.2 Å². The Morgan fingerprint density at radius 2 is 0.727 bits per heavy atom. The number of hydrogen-bond acceptors (Lipinski definition) is 5. The average Bonchev–Trinajstić information content (AvgIpc) is 3.94. The first-order chi connectivity index (χ1) is 32.3. The van der Waals surface area contributed by atoms with E-state index in [2.05, 4.69) is 219 Å². The van der Waals surface area contributed by atoms with Gasteiger partial charge in [0.2, 0.25) is 0 Å². The van der Waals surface area contributed by atoms with Crippen LogP contribution in [0.2, 0.25) is 0 Å². The van der Waals surface area contributed by atoms with Crippen molar-refractivity contribution in [1.82, 2.24) is 0 Å². The number of nitrogens with zero attached hydrogens (tertiary/aromatic N) is 2. The van der Waals surface area contributed by atoms with Gasteiger partial charge in [-0.05, 0) is 192 Å². The van der Waals surface area contributed by atoms with Crippen LogP contribution < -0.4 is 20.2 Å². The second kappa shape index (κ2) is 16.9. The Hall–Kier alpha value is -6.80. The SMILES string of the molecule is CO[Si]1(OC)c2cc(-c3c(C)cc(N(c4ccccc4)c4ccccc4)cc3C)ccc2C2=C(c3ccc(-c4c(C)cc(N(c5ccccc5)c5ccccc5)cc4C)cc31)C1CCC2O1. The normalized spacial score (nSPS) is 16.6. The fourth-order valence-electron chi connectivity index (χ4n) is 11.4. The molecule has 5 nitrogen and oxygen atoms in total. The van der Waals surface area contributed by atoms with Crippen molar-refractivity contribution in [3.63, 3.8) is 0 Å². The van der Waals surface area contributed by atoms with Gasteiger partial charge < -0.3 is 23.4 Å². The molecule has 2 unspecified atom stereocenters. The van der Waals surface area contributed by atoms with Crippen LogP contribution in [0.5, 0.6) is 0 Å². The van der Waals surface area contributed by atoms with E-state index in [1.54, 1.807) is 0 Å². The molecular weight excluding hydrogens is 825 g/mol. The molecule has 6 heteroatoms. The lowest BCUT2D eigenvalue weighted by molar-refractivity contribution is 0.128. The number of aryl methyl sites for hydroxylation is 4. The van der Waals surface area contributed by atoms with Crippen molar-refractivity contribution in [2.45, 2.75) is 52.7 Å².